The largest absolute Gasteiger partial charge is 0.483 e. The normalized spacial score (nSPS) is 14.7. The number of benzene rings is 2. The van der Waals surface area contributed by atoms with Crippen molar-refractivity contribution < 1.29 is 22.7 Å². The monoisotopic (exact) mass is 475 g/mol. The van der Waals surface area contributed by atoms with E-state index in [0.717, 1.165) is 16.8 Å². The number of nitrogens with zero attached hydrogens (tertiary/aromatic N) is 2. The number of ether oxygens (including phenoxy) is 2. The van der Waals surface area contributed by atoms with Gasteiger partial charge in [-0.25, -0.2) is 8.42 Å². The summed E-state index contributed by atoms with van der Waals surface area (Å²) < 4.78 is 38.7. The Bertz CT molecular complexity index is 1080. The first-order valence-electron chi connectivity index (χ1n) is 11.2. The van der Waals surface area contributed by atoms with Gasteiger partial charge in [-0.2, -0.15) is 4.31 Å². The molecule has 8 nitrogen and oxygen atoms in total. The van der Waals surface area contributed by atoms with Crippen LogP contribution in [0.5, 0.6) is 5.75 Å². The van der Waals surface area contributed by atoms with E-state index in [-0.39, 0.29) is 17.4 Å². The molecule has 9 heteroatoms. The van der Waals surface area contributed by atoms with Gasteiger partial charge in [-0.15, -0.1) is 0 Å². The van der Waals surface area contributed by atoms with E-state index in [1.165, 1.54) is 10.4 Å². The third kappa shape index (κ3) is 5.85. The van der Waals surface area contributed by atoms with Crippen molar-refractivity contribution in [3.05, 3.63) is 47.5 Å². The second kappa shape index (κ2) is 11.0. The predicted octanol–water partition coefficient (Wildman–Crippen LogP) is 3.19. The molecule has 0 radical (unpaired) electrons. The highest BCUT2D eigenvalue weighted by Crippen LogP contribution is 2.30. The highest BCUT2D eigenvalue weighted by molar-refractivity contribution is 7.89. The molecule has 33 heavy (non-hydrogen) atoms. The van der Waals surface area contributed by atoms with Crippen molar-refractivity contribution in [2.75, 3.05) is 56.2 Å². The molecule has 1 saturated heterocycles. The van der Waals surface area contributed by atoms with Crippen molar-refractivity contribution in [3.63, 3.8) is 0 Å². The molecule has 0 unspecified atom stereocenters. The maximum absolute atomic E-state index is 13.1. The van der Waals surface area contributed by atoms with Crippen LogP contribution in [0.2, 0.25) is 0 Å². The van der Waals surface area contributed by atoms with E-state index in [1.807, 2.05) is 45.9 Å². The molecule has 2 aromatic rings. The average Bonchev–Trinajstić information content (AvgIpc) is 2.82. The van der Waals surface area contributed by atoms with Crippen LogP contribution in [0.15, 0.2) is 41.3 Å². The van der Waals surface area contributed by atoms with Crippen molar-refractivity contribution in [1.82, 2.24) is 4.31 Å². The number of carbonyl (C=O) groups is 1. The zero-order chi connectivity index (χ0) is 24.0. The van der Waals surface area contributed by atoms with Gasteiger partial charge in [0.2, 0.25) is 10.0 Å². The summed E-state index contributed by atoms with van der Waals surface area (Å²) in [5.41, 5.74) is 3.27. The number of hydrogen-bond acceptors (Lipinski definition) is 6. The Labute approximate surface area is 196 Å². The molecule has 0 atom stereocenters. The van der Waals surface area contributed by atoms with Crippen molar-refractivity contribution in [2.45, 2.75) is 32.6 Å². The number of anilines is 2. The molecule has 0 aromatic heterocycles. The Morgan fingerprint density at radius 3 is 2.48 bits per heavy atom. The zero-order valence-electron chi connectivity index (χ0n) is 19.8. The van der Waals surface area contributed by atoms with Crippen LogP contribution in [-0.2, 0) is 19.6 Å². The van der Waals surface area contributed by atoms with Gasteiger partial charge in [-0.05, 0) is 63.1 Å². The van der Waals surface area contributed by atoms with Gasteiger partial charge in [-0.1, -0.05) is 12.1 Å². The number of hydrogen-bond donors (Lipinski definition) is 1. The summed E-state index contributed by atoms with van der Waals surface area (Å²) in [7, 11) is -3.69. The van der Waals surface area contributed by atoms with E-state index < -0.39 is 10.0 Å². The molecule has 1 fully saturated rings. The molecule has 0 spiro atoms. The summed E-state index contributed by atoms with van der Waals surface area (Å²) in [4.78, 5) is 15.0. The molecule has 1 aliphatic heterocycles. The van der Waals surface area contributed by atoms with Crippen LogP contribution in [0.4, 0.5) is 11.4 Å². The van der Waals surface area contributed by atoms with Gasteiger partial charge >= 0.3 is 0 Å². The second-order valence-electron chi connectivity index (χ2n) is 7.90. The van der Waals surface area contributed by atoms with Crippen LogP contribution >= 0.6 is 0 Å². The van der Waals surface area contributed by atoms with Crippen molar-refractivity contribution in [2.24, 2.45) is 0 Å². The summed E-state index contributed by atoms with van der Waals surface area (Å²) >= 11 is 0. The lowest BCUT2D eigenvalue weighted by atomic mass is 10.1. The summed E-state index contributed by atoms with van der Waals surface area (Å²) in [6, 6.07) is 10.6. The second-order valence-corrected chi connectivity index (χ2v) is 9.84. The van der Waals surface area contributed by atoms with E-state index in [2.05, 4.69) is 10.2 Å². The van der Waals surface area contributed by atoms with E-state index in [1.54, 1.807) is 12.1 Å². The summed E-state index contributed by atoms with van der Waals surface area (Å²) in [6.45, 7) is 10.6. The van der Waals surface area contributed by atoms with Gasteiger partial charge in [0.1, 0.15) is 5.75 Å². The molecule has 0 bridgehead atoms. The molecule has 0 saturated carbocycles. The first-order valence-corrected chi connectivity index (χ1v) is 12.7. The number of rotatable bonds is 9. The minimum atomic E-state index is -3.69. The van der Waals surface area contributed by atoms with Gasteiger partial charge < -0.3 is 19.7 Å². The van der Waals surface area contributed by atoms with Crippen molar-refractivity contribution >= 4 is 27.3 Å². The maximum Gasteiger partial charge on any atom is 0.262 e. The molecule has 180 valence electrons. The van der Waals surface area contributed by atoms with Crippen molar-refractivity contribution in [3.8, 4) is 5.75 Å². The van der Waals surface area contributed by atoms with Gasteiger partial charge in [-0.3, -0.25) is 4.79 Å². The van der Waals surface area contributed by atoms with E-state index >= 15 is 0 Å². The first-order chi connectivity index (χ1) is 15.8. The molecule has 1 N–H and O–H groups in total. The zero-order valence-corrected chi connectivity index (χ0v) is 20.6. The highest BCUT2D eigenvalue weighted by atomic mass is 32.2. The fourth-order valence-electron chi connectivity index (χ4n) is 3.76. The number of nitrogens with one attached hydrogen (secondary N) is 1. The van der Waals surface area contributed by atoms with Crippen LogP contribution in [0.1, 0.15) is 25.0 Å². The fourth-order valence-corrected chi connectivity index (χ4v) is 5.20. The van der Waals surface area contributed by atoms with Gasteiger partial charge in [0.05, 0.1) is 29.5 Å². The number of amides is 1. The topological polar surface area (TPSA) is 88.2 Å². The van der Waals surface area contributed by atoms with E-state index in [0.29, 0.717) is 50.8 Å². The minimum Gasteiger partial charge on any atom is -0.483 e. The number of morpholine rings is 1. The Balaban J connectivity index is 1.85. The van der Waals surface area contributed by atoms with Crippen LogP contribution in [0, 0.1) is 13.8 Å². The third-order valence-electron chi connectivity index (χ3n) is 5.87. The molecular weight excluding hydrogens is 442 g/mol. The molecule has 2 aromatic carbocycles. The Morgan fingerprint density at radius 1 is 1.12 bits per heavy atom. The summed E-state index contributed by atoms with van der Waals surface area (Å²) in [6.07, 6.45) is 0. The highest BCUT2D eigenvalue weighted by Gasteiger charge is 2.27. The fraction of sp³-hybridized carbons (Fsp3) is 0.458. The van der Waals surface area contributed by atoms with Crippen molar-refractivity contribution in [1.29, 1.82) is 0 Å². The Kier molecular flexibility index (Phi) is 8.34. The first kappa shape index (κ1) is 25.0. The van der Waals surface area contributed by atoms with Gasteiger partial charge in [0, 0.05) is 26.2 Å². The minimum absolute atomic E-state index is 0.144. The Morgan fingerprint density at radius 2 is 1.82 bits per heavy atom. The maximum atomic E-state index is 13.1. The number of aryl methyl sites for hydroxylation is 1. The van der Waals surface area contributed by atoms with Gasteiger partial charge in [0.15, 0.2) is 6.61 Å². The molecule has 1 amide bonds. The SMILES string of the molecule is CCN(CC)c1ccc(S(=O)(=O)N2CCOCC2)cc1NC(=O)COc1cccc(C)c1C. The molecule has 3 rings (SSSR count). The standard InChI is InChI=1S/C24H33N3O5S/c1-5-26(6-2)22-11-10-20(33(29,30)27-12-14-31-15-13-27)16-21(22)25-24(28)17-32-23-9-7-8-18(3)19(23)4/h7-11,16H,5-6,12-15,17H2,1-4H3,(H,25,28). The lowest BCUT2D eigenvalue weighted by Crippen LogP contribution is -2.40. The smallest absolute Gasteiger partial charge is 0.262 e. The molecule has 1 aliphatic rings. The third-order valence-corrected chi connectivity index (χ3v) is 7.76. The number of sulfonamides is 1. The van der Waals surface area contributed by atoms with E-state index in [9.17, 15) is 13.2 Å². The van der Waals surface area contributed by atoms with Crippen LogP contribution in [0.25, 0.3) is 0 Å². The van der Waals surface area contributed by atoms with E-state index in [4.69, 9.17) is 9.47 Å². The molecule has 1 heterocycles. The lowest BCUT2D eigenvalue weighted by molar-refractivity contribution is -0.118. The summed E-state index contributed by atoms with van der Waals surface area (Å²) in [5.74, 6) is 0.294. The molecular formula is C24H33N3O5S. The predicted molar refractivity (Wildman–Crippen MR) is 130 cm³/mol. The number of carbonyl (C=O) groups excluding carboxylic acids is 1. The summed E-state index contributed by atoms with van der Waals surface area (Å²) in [5, 5.41) is 2.87. The quantitative estimate of drug-likeness (QED) is 0.599. The van der Waals surface area contributed by atoms with Gasteiger partial charge in [0.25, 0.3) is 5.91 Å². The van der Waals surface area contributed by atoms with Crippen LogP contribution in [-0.4, -0.2) is 64.6 Å². The van der Waals surface area contributed by atoms with Crippen LogP contribution in [0.3, 0.4) is 0 Å². The lowest BCUT2D eigenvalue weighted by Gasteiger charge is -2.28. The molecule has 0 aliphatic carbocycles. The van der Waals surface area contributed by atoms with Crippen LogP contribution < -0.4 is 15.0 Å². The average molecular weight is 476 g/mol. The Hall–Kier alpha value is -2.62.